The Morgan fingerprint density at radius 3 is 1.80 bits per heavy atom. The van der Waals surface area contributed by atoms with Gasteiger partial charge in [-0.15, -0.1) is 0 Å². The van der Waals surface area contributed by atoms with E-state index in [1.807, 2.05) is 0 Å². The molecule has 0 rings (SSSR count). The van der Waals surface area contributed by atoms with E-state index in [0.717, 1.165) is 0 Å². The van der Waals surface area contributed by atoms with Crippen molar-refractivity contribution in [2.75, 3.05) is 33.5 Å². The van der Waals surface area contributed by atoms with Crippen molar-refractivity contribution in [3.05, 3.63) is 0 Å². The third-order valence-corrected chi connectivity index (χ3v) is 2.01. The van der Waals surface area contributed by atoms with E-state index >= 15 is 0 Å². The van der Waals surface area contributed by atoms with Crippen LogP contribution in [-0.2, 0) is 19.0 Å². The summed E-state index contributed by atoms with van der Waals surface area (Å²) in [5, 5.41) is 8.61. The van der Waals surface area contributed by atoms with Crippen LogP contribution in [0.4, 0.5) is 26.3 Å². The maximum absolute atomic E-state index is 12.2. The number of alkyl halides is 6. The number of methoxy groups -OCH3 is 1. The summed E-state index contributed by atoms with van der Waals surface area (Å²) < 4.78 is 86.2. The smallest absolute Gasteiger partial charge is 0.437 e. The fourth-order valence-electron chi connectivity index (χ4n) is 0.934. The van der Waals surface area contributed by atoms with Crippen LogP contribution in [0.25, 0.3) is 0 Å². The number of esters is 1. The number of aliphatic hydroxyl groups is 1. The van der Waals surface area contributed by atoms with E-state index < -0.39 is 37.1 Å². The SMILES string of the molecule is COCCOCCOC(=O)C(O)(C(F)(F)F)C(F)(F)F. The highest BCUT2D eigenvalue weighted by atomic mass is 19.4. The molecule has 20 heavy (non-hydrogen) atoms. The van der Waals surface area contributed by atoms with Gasteiger partial charge in [0, 0.05) is 7.11 Å². The number of hydrogen-bond acceptors (Lipinski definition) is 5. The minimum absolute atomic E-state index is 0.0108. The van der Waals surface area contributed by atoms with Gasteiger partial charge in [0.25, 0.3) is 0 Å². The van der Waals surface area contributed by atoms with Crippen LogP contribution in [0, 0.1) is 0 Å². The Kier molecular flexibility index (Phi) is 6.71. The summed E-state index contributed by atoms with van der Waals surface area (Å²) in [7, 11) is 1.34. The van der Waals surface area contributed by atoms with E-state index in [9.17, 15) is 31.1 Å². The van der Waals surface area contributed by atoms with E-state index in [2.05, 4.69) is 14.2 Å². The first-order chi connectivity index (χ1) is 8.98. The number of ether oxygens (including phenoxy) is 3. The van der Waals surface area contributed by atoms with Crippen LogP contribution in [0.3, 0.4) is 0 Å². The predicted octanol–water partition coefficient (Wildman–Crippen LogP) is 1.05. The van der Waals surface area contributed by atoms with Gasteiger partial charge in [-0.3, -0.25) is 0 Å². The molecule has 11 heteroatoms. The second-order valence-electron chi connectivity index (χ2n) is 3.45. The summed E-state index contributed by atoms with van der Waals surface area (Å²) >= 11 is 0. The number of rotatable bonds is 7. The largest absolute Gasteiger partial charge is 0.461 e. The zero-order valence-corrected chi connectivity index (χ0v) is 10.2. The minimum Gasteiger partial charge on any atom is -0.461 e. The van der Waals surface area contributed by atoms with Gasteiger partial charge in [-0.1, -0.05) is 0 Å². The number of carbonyl (C=O) groups excluding carboxylic acids is 1. The average molecular weight is 314 g/mol. The summed E-state index contributed by atoms with van der Waals surface area (Å²) in [6, 6.07) is 0. The van der Waals surface area contributed by atoms with E-state index in [4.69, 9.17) is 5.11 Å². The van der Waals surface area contributed by atoms with Crippen molar-refractivity contribution in [1.29, 1.82) is 0 Å². The number of halogens is 6. The third kappa shape index (κ3) is 4.49. The van der Waals surface area contributed by atoms with Gasteiger partial charge in [-0.05, 0) is 0 Å². The second kappa shape index (κ2) is 7.09. The Bertz CT molecular complexity index is 299. The predicted molar refractivity (Wildman–Crippen MR) is 50.7 cm³/mol. The quantitative estimate of drug-likeness (QED) is 0.432. The number of carbonyl (C=O) groups is 1. The van der Waals surface area contributed by atoms with Crippen LogP contribution < -0.4 is 0 Å². The van der Waals surface area contributed by atoms with Crippen LogP contribution in [0.1, 0.15) is 0 Å². The Hall–Kier alpha value is -1.07. The Morgan fingerprint density at radius 2 is 1.40 bits per heavy atom. The molecule has 0 aromatic rings. The lowest BCUT2D eigenvalue weighted by Crippen LogP contribution is -2.63. The molecule has 0 saturated carbocycles. The van der Waals surface area contributed by atoms with Crippen LogP contribution >= 0.6 is 0 Å². The molecule has 1 N–H and O–H groups in total. The third-order valence-electron chi connectivity index (χ3n) is 2.01. The van der Waals surface area contributed by atoms with Gasteiger partial charge in [-0.2, -0.15) is 26.3 Å². The molecule has 0 heterocycles. The molecule has 0 spiro atoms. The van der Waals surface area contributed by atoms with Crippen molar-refractivity contribution >= 4 is 5.97 Å². The van der Waals surface area contributed by atoms with E-state index in [1.165, 1.54) is 7.11 Å². The summed E-state index contributed by atoms with van der Waals surface area (Å²) in [5.41, 5.74) is -5.56. The van der Waals surface area contributed by atoms with Crippen LogP contribution in [0.2, 0.25) is 0 Å². The first-order valence-corrected chi connectivity index (χ1v) is 5.08. The lowest BCUT2D eigenvalue weighted by atomic mass is 10.0. The van der Waals surface area contributed by atoms with Crippen molar-refractivity contribution in [2.24, 2.45) is 0 Å². The molecule has 0 saturated heterocycles. The standard InChI is InChI=1S/C9H12F6O5/c1-18-2-3-19-4-5-20-6(16)7(17,8(10,11)12)9(13,14)15/h17H,2-5H2,1H3. The van der Waals surface area contributed by atoms with Crippen molar-refractivity contribution in [3.8, 4) is 0 Å². The summed E-state index contributed by atoms with van der Waals surface area (Å²) in [6.07, 6.45) is -12.5. The molecule has 120 valence electrons. The van der Waals surface area contributed by atoms with Gasteiger partial charge in [-0.25, -0.2) is 4.79 Å². The minimum atomic E-state index is -6.25. The molecule has 0 aromatic carbocycles. The maximum Gasteiger partial charge on any atom is 0.437 e. The summed E-state index contributed by atoms with van der Waals surface area (Å²) in [5.74, 6) is -2.85. The number of hydrogen-bond donors (Lipinski definition) is 1. The van der Waals surface area contributed by atoms with Crippen LogP contribution in [-0.4, -0.2) is 62.6 Å². The normalized spacial score (nSPS) is 13.4. The van der Waals surface area contributed by atoms with Gasteiger partial charge in [0.15, 0.2) is 0 Å². The second-order valence-corrected chi connectivity index (χ2v) is 3.45. The lowest BCUT2D eigenvalue weighted by Gasteiger charge is -2.29. The molecule has 0 aliphatic carbocycles. The molecular weight excluding hydrogens is 302 g/mol. The maximum atomic E-state index is 12.2. The highest BCUT2D eigenvalue weighted by Gasteiger charge is 2.76. The molecule has 0 radical (unpaired) electrons. The van der Waals surface area contributed by atoms with E-state index in [1.54, 1.807) is 0 Å². The van der Waals surface area contributed by atoms with Crippen molar-refractivity contribution < 1.29 is 50.5 Å². The Labute approximate surface area is 109 Å². The van der Waals surface area contributed by atoms with E-state index in [0.29, 0.717) is 0 Å². The van der Waals surface area contributed by atoms with Gasteiger partial charge < -0.3 is 19.3 Å². The molecule has 0 aromatic heterocycles. The molecule has 0 bridgehead atoms. The summed E-state index contributed by atoms with van der Waals surface area (Å²) in [6.45, 7) is -1.17. The first-order valence-electron chi connectivity index (χ1n) is 5.08. The molecule has 0 aliphatic rings. The van der Waals surface area contributed by atoms with Gasteiger partial charge in [0.2, 0.25) is 0 Å². The molecule has 5 nitrogen and oxygen atoms in total. The van der Waals surface area contributed by atoms with Crippen LogP contribution in [0.15, 0.2) is 0 Å². The van der Waals surface area contributed by atoms with Crippen LogP contribution in [0.5, 0.6) is 0 Å². The van der Waals surface area contributed by atoms with Gasteiger partial charge in [0.05, 0.1) is 19.8 Å². The topological polar surface area (TPSA) is 65.0 Å². The van der Waals surface area contributed by atoms with Crippen molar-refractivity contribution in [2.45, 2.75) is 18.0 Å². The zero-order chi connectivity index (χ0) is 16.0. The molecule has 0 fully saturated rings. The molecular formula is C9H12F6O5. The lowest BCUT2D eigenvalue weighted by molar-refractivity contribution is -0.357. The van der Waals surface area contributed by atoms with Gasteiger partial charge >= 0.3 is 23.9 Å². The summed E-state index contributed by atoms with van der Waals surface area (Å²) in [4.78, 5) is 10.9. The molecule has 0 unspecified atom stereocenters. The monoisotopic (exact) mass is 314 g/mol. The molecule has 0 aliphatic heterocycles. The Morgan fingerprint density at radius 1 is 0.950 bits per heavy atom. The zero-order valence-electron chi connectivity index (χ0n) is 10.2. The Balaban J connectivity index is 4.54. The van der Waals surface area contributed by atoms with Gasteiger partial charge in [0.1, 0.15) is 6.61 Å². The molecule has 0 amide bonds. The first kappa shape index (κ1) is 18.9. The highest BCUT2D eigenvalue weighted by molar-refractivity contribution is 5.81. The fourth-order valence-corrected chi connectivity index (χ4v) is 0.934. The fraction of sp³-hybridized carbons (Fsp3) is 0.889. The van der Waals surface area contributed by atoms with Crippen molar-refractivity contribution in [3.63, 3.8) is 0 Å². The molecule has 0 atom stereocenters. The van der Waals surface area contributed by atoms with E-state index in [-0.39, 0.29) is 13.2 Å². The highest BCUT2D eigenvalue weighted by Crippen LogP contribution is 2.43. The average Bonchev–Trinajstić information content (AvgIpc) is 2.29. The van der Waals surface area contributed by atoms with Crippen molar-refractivity contribution in [1.82, 2.24) is 0 Å².